The van der Waals surface area contributed by atoms with E-state index in [9.17, 15) is 14.4 Å². The molecule has 6 nitrogen and oxygen atoms in total. The Balaban J connectivity index is 1.70. The average Bonchev–Trinajstić information content (AvgIpc) is 2.82. The van der Waals surface area contributed by atoms with Gasteiger partial charge in [-0.1, -0.05) is 6.08 Å². The normalized spacial score (nSPS) is 39.6. The SMILES string of the molecule is C=C[C@@H]1C[C@]1(NC(=O)C1CC2CC1C(=O)O2)C(=O)OCC. The van der Waals surface area contributed by atoms with Crippen LogP contribution in [0.3, 0.4) is 0 Å². The molecule has 0 spiro atoms. The molecular weight excluding hydrogens is 274 g/mol. The van der Waals surface area contributed by atoms with Gasteiger partial charge in [0.2, 0.25) is 5.91 Å². The largest absolute Gasteiger partial charge is 0.464 e. The lowest BCUT2D eigenvalue weighted by Crippen LogP contribution is -2.49. The van der Waals surface area contributed by atoms with Gasteiger partial charge in [0.25, 0.3) is 0 Å². The molecule has 1 saturated heterocycles. The van der Waals surface area contributed by atoms with Crippen molar-refractivity contribution < 1.29 is 23.9 Å². The summed E-state index contributed by atoms with van der Waals surface area (Å²) in [4.78, 5) is 36.1. The summed E-state index contributed by atoms with van der Waals surface area (Å²) in [5.41, 5.74) is -0.986. The fraction of sp³-hybridized carbons (Fsp3) is 0.667. The zero-order chi connectivity index (χ0) is 15.2. The molecule has 3 rings (SSSR count). The molecule has 3 unspecified atom stereocenters. The molecule has 0 aromatic heterocycles. The summed E-state index contributed by atoms with van der Waals surface area (Å²) in [7, 11) is 0. The van der Waals surface area contributed by atoms with E-state index < -0.39 is 17.4 Å². The number of carbonyl (C=O) groups is 3. The Bertz CT molecular complexity index is 516. The minimum absolute atomic E-state index is 0.106. The third kappa shape index (κ3) is 2.13. The quantitative estimate of drug-likeness (QED) is 0.592. The molecule has 5 atom stereocenters. The Kier molecular flexibility index (Phi) is 3.26. The summed E-state index contributed by atoms with van der Waals surface area (Å²) >= 11 is 0. The minimum Gasteiger partial charge on any atom is -0.464 e. The maximum absolute atomic E-state index is 12.4. The highest BCUT2D eigenvalue weighted by Crippen LogP contribution is 2.47. The van der Waals surface area contributed by atoms with Crippen molar-refractivity contribution in [3.63, 3.8) is 0 Å². The number of hydrogen-bond acceptors (Lipinski definition) is 5. The van der Waals surface area contributed by atoms with Crippen molar-refractivity contribution in [2.45, 2.75) is 37.8 Å². The first-order valence-corrected chi connectivity index (χ1v) is 7.34. The number of nitrogens with one attached hydrogen (secondary N) is 1. The van der Waals surface area contributed by atoms with Crippen LogP contribution in [0.15, 0.2) is 12.7 Å². The summed E-state index contributed by atoms with van der Waals surface area (Å²) in [5, 5.41) is 2.81. The molecule has 2 bridgehead atoms. The monoisotopic (exact) mass is 293 g/mol. The maximum Gasteiger partial charge on any atom is 0.332 e. The van der Waals surface area contributed by atoms with Crippen LogP contribution in [0, 0.1) is 17.8 Å². The molecule has 1 heterocycles. The van der Waals surface area contributed by atoms with Crippen molar-refractivity contribution in [1.29, 1.82) is 0 Å². The second-order valence-corrected chi connectivity index (χ2v) is 5.97. The third-order valence-corrected chi connectivity index (χ3v) is 4.73. The minimum atomic E-state index is -0.986. The van der Waals surface area contributed by atoms with Crippen LogP contribution in [-0.2, 0) is 23.9 Å². The molecule has 3 fully saturated rings. The fourth-order valence-electron chi connectivity index (χ4n) is 3.46. The standard InChI is InChI=1S/C15H19NO5/c1-3-8-7-15(8,14(19)20-4-2)16-12(17)10-5-9-6-11(10)13(18)21-9/h3,8-11H,1,4-7H2,2H3,(H,16,17)/t8-,9?,10?,11?,15-/m1/s1. The van der Waals surface area contributed by atoms with Gasteiger partial charge in [-0.15, -0.1) is 6.58 Å². The Morgan fingerprint density at radius 3 is 2.81 bits per heavy atom. The first-order valence-electron chi connectivity index (χ1n) is 7.34. The first-order chi connectivity index (χ1) is 10.0. The fourth-order valence-corrected chi connectivity index (χ4v) is 3.46. The maximum atomic E-state index is 12.4. The molecule has 0 aromatic carbocycles. The van der Waals surface area contributed by atoms with E-state index in [1.807, 2.05) is 0 Å². The van der Waals surface area contributed by atoms with Crippen LogP contribution in [0.5, 0.6) is 0 Å². The number of amides is 1. The van der Waals surface area contributed by atoms with E-state index in [4.69, 9.17) is 9.47 Å². The topological polar surface area (TPSA) is 81.7 Å². The Morgan fingerprint density at radius 2 is 2.29 bits per heavy atom. The van der Waals surface area contributed by atoms with Crippen molar-refractivity contribution >= 4 is 17.8 Å². The highest BCUT2D eigenvalue weighted by Gasteiger charge is 2.62. The molecule has 2 saturated carbocycles. The summed E-state index contributed by atoms with van der Waals surface area (Å²) in [6.45, 7) is 5.67. The summed E-state index contributed by atoms with van der Waals surface area (Å²) < 4.78 is 10.1. The molecule has 1 N–H and O–H groups in total. The van der Waals surface area contributed by atoms with E-state index in [0.29, 0.717) is 19.3 Å². The lowest BCUT2D eigenvalue weighted by molar-refractivity contribution is -0.155. The van der Waals surface area contributed by atoms with E-state index in [2.05, 4.69) is 11.9 Å². The van der Waals surface area contributed by atoms with Gasteiger partial charge in [-0.25, -0.2) is 4.79 Å². The van der Waals surface area contributed by atoms with Gasteiger partial charge in [0.15, 0.2) is 0 Å². The lowest BCUT2D eigenvalue weighted by atomic mass is 9.94. The molecule has 6 heteroatoms. The van der Waals surface area contributed by atoms with Gasteiger partial charge in [0.05, 0.1) is 18.4 Å². The molecule has 1 aliphatic heterocycles. The number of ether oxygens (including phenoxy) is 2. The molecule has 0 aromatic rings. The van der Waals surface area contributed by atoms with E-state index >= 15 is 0 Å². The van der Waals surface area contributed by atoms with Crippen LogP contribution in [0.25, 0.3) is 0 Å². The van der Waals surface area contributed by atoms with Crippen LogP contribution in [-0.4, -0.2) is 36.1 Å². The molecule has 0 radical (unpaired) electrons. The smallest absolute Gasteiger partial charge is 0.332 e. The van der Waals surface area contributed by atoms with Gasteiger partial charge >= 0.3 is 11.9 Å². The van der Waals surface area contributed by atoms with Gasteiger partial charge in [0.1, 0.15) is 11.6 Å². The van der Waals surface area contributed by atoms with Crippen LogP contribution in [0.2, 0.25) is 0 Å². The molecule has 114 valence electrons. The van der Waals surface area contributed by atoms with Crippen molar-refractivity contribution in [2.75, 3.05) is 6.61 Å². The zero-order valence-electron chi connectivity index (χ0n) is 12.0. The number of esters is 2. The summed E-state index contributed by atoms with van der Waals surface area (Å²) in [6.07, 6.45) is 3.17. The van der Waals surface area contributed by atoms with E-state index in [-0.39, 0.29) is 36.4 Å². The number of carbonyl (C=O) groups excluding carboxylic acids is 3. The van der Waals surface area contributed by atoms with E-state index in [1.54, 1.807) is 13.0 Å². The van der Waals surface area contributed by atoms with Crippen LogP contribution in [0.1, 0.15) is 26.2 Å². The van der Waals surface area contributed by atoms with Gasteiger partial charge in [-0.05, 0) is 26.2 Å². The number of hydrogen-bond donors (Lipinski definition) is 1. The molecule has 1 amide bonds. The second kappa shape index (κ2) is 4.86. The van der Waals surface area contributed by atoms with Gasteiger partial charge in [-0.3, -0.25) is 9.59 Å². The molecule has 2 aliphatic carbocycles. The Labute approximate surface area is 122 Å². The zero-order valence-corrected chi connectivity index (χ0v) is 12.0. The van der Waals surface area contributed by atoms with Gasteiger partial charge < -0.3 is 14.8 Å². The van der Waals surface area contributed by atoms with Crippen LogP contribution < -0.4 is 5.32 Å². The van der Waals surface area contributed by atoms with Crippen molar-refractivity contribution in [1.82, 2.24) is 5.32 Å². The highest BCUT2D eigenvalue weighted by atomic mass is 16.6. The molecule has 3 aliphatic rings. The number of rotatable bonds is 5. The van der Waals surface area contributed by atoms with E-state index in [1.165, 1.54) is 0 Å². The average molecular weight is 293 g/mol. The van der Waals surface area contributed by atoms with Crippen molar-refractivity contribution in [2.24, 2.45) is 17.8 Å². The van der Waals surface area contributed by atoms with Crippen molar-refractivity contribution in [3.05, 3.63) is 12.7 Å². The van der Waals surface area contributed by atoms with Gasteiger partial charge in [-0.2, -0.15) is 0 Å². The van der Waals surface area contributed by atoms with Gasteiger partial charge in [0, 0.05) is 5.92 Å². The predicted octanol–water partition coefficient (Wildman–Crippen LogP) is 0.562. The lowest BCUT2D eigenvalue weighted by Gasteiger charge is -2.24. The second-order valence-electron chi connectivity index (χ2n) is 5.97. The summed E-state index contributed by atoms with van der Waals surface area (Å²) in [6, 6.07) is 0. The Hall–Kier alpha value is -1.85. The molecular formula is C15H19NO5. The predicted molar refractivity (Wildman–Crippen MR) is 71.9 cm³/mol. The van der Waals surface area contributed by atoms with E-state index in [0.717, 1.165) is 0 Å². The first kappa shape index (κ1) is 14.1. The Morgan fingerprint density at radius 1 is 1.52 bits per heavy atom. The highest BCUT2D eigenvalue weighted by molar-refractivity contribution is 5.94. The number of fused-ring (bicyclic) bond motifs is 2. The third-order valence-electron chi connectivity index (χ3n) is 4.73. The van der Waals surface area contributed by atoms with Crippen LogP contribution >= 0.6 is 0 Å². The summed E-state index contributed by atoms with van der Waals surface area (Å²) in [5.74, 6) is -1.84. The molecule has 21 heavy (non-hydrogen) atoms. The van der Waals surface area contributed by atoms with Crippen molar-refractivity contribution in [3.8, 4) is 0 Å². The van der Waals surface area contributed by atoms with Crippen LogP contribution in [0.4, 0.5) is 0 Å².